The molecule has 2 rings (SSSR count). The lowest BCUT2D eigenvalue weighted by molar-refractivity contribution is 0.337. The van der Waals surface area contributed by atoms with Crippen molar-refractivity contribution in [3.05, 3.63) is 28.3 Å². The number of imidazole rings is 1. The smallest absolute Gasteiger partial charge is 0.178 e. The maximum absolute atomic E-state index is 13.6. The molecule has 2 aromatic rings. The number of aryl methyl sites for hydroxylation is 1. The van der Waals surface area contributed by atoms with Crippen LogP contribution in [0.5, 0.6) is 0 Å². The van der Waals surface area contributed by atoms with Crippen molar-refractivity contribution in [2.45, 2.75) is 46.6 Å². The lowest BCUT2D eigenvalue weighted by atomic mass is 9.95. The second-order valence-electron chi connectivity index (χ2n) is 5.24. The summed E-state index contributed by atoms with van der Waals surface area (Å²) in [7, 11) is 0. The molecule has 0 aliphatic carbocycles. The predicted octanol–water partition coefficient (Wildman–Crippen LogP) is 5.14. The third-order valence-electron chi connectivity index (χ3n) is 4.14. The molecular formula is C15H21FN2S. The van der Waals surface area contributed by atoms with Crippen molar-refractivity contribution >= 4 is 23.3 Å². The number of aromatic amines is 1. The Hall–Kier alpha value is -1.16. The second kappa shape index (κ2) is 5.45. The van der Waals surface area contributed by atoms with Crippen LogP contribution in [0, 0.1) is 23.4 Å². The van der Waals surface area contributed by atoms with Gasteiger partial charge in [0.2, 0.25) is 0 Å². The Morgan fingerprint density at radius 2 is 1.95 bits per heavy atom. The summed E-state index contributed by atoms with van der Waals surface area (Å²) in [6.07, 6.45) is 2.23. The van der Waals surface area contributed by atoms with Crippen molar-refractivity contribution in [2.75, 3.05) is 0 Å². The molecule has 104 valence electrons. The number of fused-ring (bicyclic) bond motifs is 1. The molecule has 0 spiro atoms. The minimum Gasteiger partial charge on any atom is -0.330 e. The van der Waals surface area contributed by atoms with Gasteiger partial charge in [-0.25, -0.2) is 4.39 Å². The first-order valence-corrected chi connectivity index (χ1v) is 7.30. The largest absolute Gasteiger partial charge is 0.330 e. The zero-order valence-electron chi connectivity index (χ0n) is 12.0. The molecule has 2 nitrogen and oxygen atoms in total. The highest BCUT2D eigenvalue weighted by Crippen LogP contribution is 2.29. The van der Waals surface area contributed by atoms with Gasteiger partial charge in [0.15, 0.2) is 4.77 Å². The zero-order chi connectivity index (χ0) is 14.2. The molecule has 0 radical (unpaired) electrons. The highest BCUT2D eigenvalue weighted by molar-refractivity contribution is 7.71. The zero-order valence-corrected chi connectivity index (χ0v) is 12.8. The summed E-state index contributed by atoms with van der Waals surface area (Å²) in [5.41, 5.74) is 2.45. The maximum atomic E-state index is 13.6. The number of aromatic nitrogens is 2. The lowest BCUT2D eigenvalue weighted by Gasteiger charge is -2.23. The Balaban J connectivity index is 2.63. The van der Waals surface area contributed by atoms with Crippen LogP contribution in [0.1, 0.15) is 45.2 Å². The van der Waals surface area contributed by atoms with E-state index in [0.717, 1.165) is 23.9 Å². The molecular weight excluding hydrogens is 259 g/mol. The van der Waals surface area contributed by atoms with E-state index in [-0.39, 0.29) is 5.82 Å². The van der Waals surface area contributed by atoms with Gasteiger partial charge in [-0.15, -0.1) is 0 Å². The predicted molar refractivity (Wildman–Crippen MR) is 80.6 cm³/mol. The normalized spacial score (nSPS) is 13.4. The van der Waals surface area contributed by atoms with Gasteiger partial charge in [0.1, 0.15) is 5.82 Å². The Labute approximate surface area is 118 Å². The molecule has 4 heteroatoms. The fraction of sp³-hybridized carbons (Fsp3) is 0.533. The molecule has 0 saturated carbocycles. The van der Waals surface area contributed by atoms with Crippen LogP contribution in [-0.2, 0) is 0 Å². The number of benzene rings is 1. The van der Waals surface area contributed by atoms with E-state index in [9.17, 15) is 4.39 Å². The highest BCUT2D eigenvalue weighted by atomic mass is 32.1. The van der Waals surface area contributed by atoms with E-state index in [1.807, 2.05) is 6.07 Å². The molecule has 1 aromatic heterocycles. The molecule has 1 atom stereocenters. The number of nitrogens with one attached hydrogen (secondary N) is 1. The number of rotatable bonds is 4. The minimum absolute atomic E-state index is 0.189. The molecule has 0 fully saturated rings. The molecule has 0 bridgehead atoms. The van der Waals surface area contributed by atoms with Crippen molar-refractivity contribution in [1.82, 2.24) is 9.55 Å². The van der Waals surface area contributed by atoms with E-state index in [2.05, 4.69) is 30.3 Å². The third kappa shape index (κ3) is 2.46. The van der Waals surface area contributed by atoms with Crippen LogP contribution >= 0.6 is 12.2 Å². The second-order valence-corrected chi connectivity index (χ2v) is 5.62. The van der Waals surface area contributed by atoms with Crippen LogP contribution in [0.2, 0.25) is 0 Å². The van der Waals surface area contributed by atoms with Gasteiger partial charge in [-0.1, -0.05) is 26.7 Å². The Morgan fingerprint density at radius 1 is 1.32 bits per heavy atom. The van der Waals surface area contributed by atoms with E-state index in [1.54, 1.807) is 6.92 Å². The number of nitrogens with zero attached hydrogens (tertiary/aromatic N) is 1. The summed E-state index contributed by atoms with van der Waals surface area (Å²) in [6, 6.07) is 3.74. The Kier molecular flexibility index (Phi) is 4.09. The van der Waals surface area contributed by atoms with Crippen LogP contribution in [0.4, 0.5) is 4.39 Å². The van der Waals surface area contributed by atoms with Crippen molar-refractivity contribution in [2.24, 2.45) is 5.92 Å². The summed E-state index contributed by atoms with van der Waals surface area (Å²) in [5, 5.41) is 0. The first-order chi connectivity index (χ1) is 8.99. The van der Waals surface area contributed by atoms with Crippen molar-refractivity contribution in [3.8, 4) is 0 Å². The number of halogens is 1. The fourth-order valence-electron chi connectivity index (χ4n) is 2.84. The third-order valence-corrected chi connectivity index (χ3v) is 4.43. The van der Waals surface area contributed by atoms with E-state index < -0.39 is 0 Å². The Morgan fingerprint density at radius 3 is 2.53 bits per heavy atom. The summed E-state index contributed by atoms with van der Waals surface area (Å²) >= 11 is 5.42. The molecule has 1 aromatic carbocycles. The van der Waals surface area contributed by atoms with Gasteiger partial charge in [-0.3, -0.25) is 0 Å². The molecule has 0 saturated heterocycles. The van der Waals surface area contributed by atoms with Gasteiger partial charge >= 0.3 is 0 Å². The summed E-state index contributed by atoms with van der Waals surface area (Å²) in [6.45, 7) is 8.39. The van der Waals surface area contributed by atoms with E-state index in [0.29, 0.717) is 22.3 Å². The first-order valence-electron chi connectivity index (χ1n) is 6.89. The monoisotopic (exact) mass is 280 g/mol. The van der Waals surface area contributed by atoms with Crippen LogP contribution in [0.3, 0.4) is 0 Å². The SMILES string of the molecule is CCC(CC)C(C)n1c(=S)[nH]c2cc(F)c(C)cc21. The maximum Gasteiger partial charge on any atom is 0.178 e. The number of H-pyrrole nitrogens is 1. The van der Waals surface area contributed by atoms with E-state index in [4.69, 9.17) is 12.2 Å². The van der Waals surface area contributed by atoms with E-state index >= 15 is 0 Å². The average molecular weight is 280 g/mol. The van der Waals surface area contributed by atoms with E-state index in [1.165, 1.54) is 6.07 Å². The van der Waals surface area contributed by atoms with Crippen molar-refractivity contribution in [3.63, 3.8) is 0 Å². The molecule has 1 heterocycles. The lowest BCUT2D eigenvalue weighted by Crippen LogP contribution is -2.15. The summed E-state index contributed by atoms with van der Waals surface area (Å²) in [5.74, 6) is 0.391. The van der Waals surface area contributed by atoms with Crippen molar-refractivity contribution in [1.29, 1.82) is 0 Å². The van der Waals surface area contributed by atoms with Gasteiger partial charge in [0.25, 0.3) is 0 Å². The van der Waals surface area contributed by atoms with Gasteiger partial charge in [-0.05, 0) is 49.7 Å². The molecule has 0 aliphatic heterocycles. The van der Waals surface area contributed by atoms with Gasteiger partial charge in [-0.2, -0.15) is 0 Å². The topological polar surface area (TPSA) is 20.7 Å². The van der Waals surface area contributed by atoms with Crippen LogP contribution in [0.15, 0.2) is 12.1 Å². The van der Waals surface area contributed by atoms with Crippen LogP contribution in [-0.4, -0.2) is 9.55 Å². The fourth-order valence-corrected chi connectivity index (χ4v) is 3.21. The molecule has 0 amide bonds. The van der Waals surface area contributed by atoms with Crippen molar-refractivity contribution < 1.29 is 4.39 Å². The van der Waals surface area contributed by atoms with Gasteiger partial charge in [0.05, 0.1) is 11.0 Å². The Bertz CT molecular complexity index is 637. The minimum atomic E-state index is -0.189. The first kappa shape index (κ1) is 14.3. The van der Waals surface area contributed by atoms with Gasteiger partial charge in [0, 0.05) is 6.04 Å². The summed E-state index contributed by atoms with van der Waals surface area (Å²) in [4.78, 5) is 3.12. The average Bonchev–Trinajstić information content (AvgIpc) is 2.66. The van der Waals surface area contributed by atoms with Crippen LogP contribution < -0.4 is 0 Å². The number of hydrogen-bond acceptors (Lipinski definition) is 1. The molecule has 0 aliphatic rings. The highest BCUT2D eigenvalue weighted by Gasteiger charge is 2.19. The molecule has 1 N–H and O–H groups in total. The number of hydrogen-bond donors (Lipinski definition) is 1. The van der Waals surface area contributed by atoms with Gasteiger partial charge < -0.3 is 9.55 Å². The quantitative estimate of drug-likeness (QED) is 0.769. The summed E-state index contributed by atoms with van der Waals surface area (Å²) < 4.78 is 16.4. The molecule has 19 heavy (non-hydrogen) atoms. The van der Waals surface area contributed by atoms with Crippen LogP contribution in [0.25, 0.3) is 11.0 Å². The standard InChI is InChI=1S/C15H21FN2S/c1-5-11(6-2)10(4)18-14-7-9(3)12(16)8-13(14)17-15(18)19/h7-8,10-11H,5-6H2,1-4H3,(H,17,19). The molecule has 1 unspecified atom stereocenters.